The first-order valence-electron chi connectivity index (χ1n) is 9.31. The first kappa shape index (κ1) is 19.5. The molecule has 7 nitrogen and oxygen atoms in total. The van der Waals surface area contributed by atoms with Gasteiger partial charge in [0.1, 0.15) is 0 Å². The number of amides is 3. The van der Waals surface area contributed by atoms with E-state index in [4.69, 9.17) is 9.47 Å². The topological polar surface area (TPSA) is 79.9 Å². The number of nitrogens with one attached hydrogen (secondary N) is 2. The Bertz CT molecular complexity index is 866. The molecule has 0 fully saturated rings. The van der Waals surface area contributed by atoms with Crippen LogP contribution in [0.25, 0.3) is 0 Å². The van der Waals surface area contributed by atoms with Crippen LogP contribution in [0.3, 0.4) is 0 Å². The second kappa shape index (κ2) is 8.65. The van der Waals surface area contributed by atoms with Gasteiger partial charge in [-0.25, -0.2) is 4.79 Å². The van der Waals surface area contributed by atoms with Crippen molar-refractivity contribution < 1.29 is 19.1 Å². The third-order valence-electron chi connectivity index (χ3n) is 4.27. The molecule has 2 N–H and O–H groups in total. The molecule has 1 heterocycles. The Labute approximate surface area is 164 Å². The highest BCUT2D eigenvalue weighted by atomic mass is 16.7. The Balaban J connectivity index is 1.70. The van der Waals surface area contributed by atoms with Gasteiger partial charge in [0, 0.05) is 30.4 Å². The summed E-state index contributed by atoms with van der Waals surface area (Å²) in [5.74, 6) is 1.31. The normalized spacial score (nSPS) is 12.0. The predicted octanol–water partition coefficient (Wildman–Crippen LogP) is 3.61. The van der Waals surface area contributed by atoms with Gasteiger partial charge in [-0.1, -0.05) is 12.1 Å². The lowest BCUT2D eigenvalue weighted by molar-refractivity contribution is 0.0752. The van der Waals surface area contributed by atoms with E-state index in [1.807, 2.05) is 39.0 Å². The van der Waals surface area contributed by atoms with Crippen LogP contribution in [-0.2, 0) is 6.54 Å². The fraction of sp³-hybridized carbons (Fsp3) is 0.333. The van der Waals surface area contributed by atoms with Crippen LogP contribution in [0, 0.1) is 0 Å². The maximum absolute atomic E-state index is 13.0. The number of fused-ring (bicyclic) bond motifs is 1. The van der Waals surface area contributed by atoms with E-state index in [0.717, 1.165) is 11.3 Å². The third-order valence-corrected chi connectivity index (χ3v) is 4.27. The molecule has 148 valence electrons. The summed E-state index contributed by atoms with van der Waals surface area (Å²) < 4.78 is 10.7. The number of rotatable bonds is 6. The molecule has 0 atom stereocenters. The molecular formula is C21H25N3O4. The minimum Gasteiger partial charge on any atom is -0.454 e. The molecule has 1 aliphatic heterocycles. The van der Waals surface area contributed by atoms with Crippen molar-refractivity contribution in [3.05, 3.63) is 53.6 Å². The van der Waals surface area contributed by atoms with Crippen LogP contribution < -0.4 is 20.1 Å². The number of hydrogen-bond donors (Lipinski definition) is 2. The molecule has 0 bridgehead atoms. The Kier molecular flexibility index (Phi) is 6.03. The van der Waals surface area contributed by atoms with Crippen molar-refractivity contribution in [1.29, 1.82) is 0 Å². The predicted molar refractivity (Wildman–Crippen MR) is 107 cm³/mol. The third kappa shape index (κ3) is 4.73. The standard InChI is InChI=1S/C21H25N3O4/c1-4-24(12-15-8-9-18-19(10-15)28-13-27-18)20(25)16-6-5-7-17(11-16)23-21(26)22-14(2)3/h5-11,14H,4,12-13H2,1-3H3,(H2,22,23,26). The van der Waals surface area contributed by atoms with Crippen molar-refractivity contribution in [3.63, 3.8) is 0 Å². The van der Waals surface area contributed by atoms with Gasteiger partial charge < -0.3 is 25.0 Å². The zero-order valence-electron chi connectivity index (χ0n) is 16.3. The molecule has 1 aliphatic rings. The molecule has 0 radical (unpaired) electrons. The molecule has 0 aromatic heterocycles. The van der Waals surface area contributed by atoms with Gasteiger partial charge in [0.25, 0.3) is 5.91 Å². The zero-order chi connectivity index (χ0) is 20.1. The first-order chi connectivity index (χ1) is 13.5. The van der Waals surface area contributed by atoms with Gasteiger partial charge in [0.05, 0.1) is 0 Å². The Morgan fingerprint density at radius 3 is 2.64 bits per heavy atom. The monoisotopic (exact) mass is 383 g/mol. The van der Waals surface area contributed by atoms with Crippen molar-refractivity contribution in [2.24, 2.45) is 0 Å². The minimum atomic E-state index is -0.299. The number of benzene rings is 2. The Hall–Kier alpha value is -3.22. The van der Waals surface area contributed by atoms with Crippen molar-refractivity contribution in [1.82, 2.24) is 10.2 Å². The van der Waals surface area contributed by atoms with E-state index in [1.165, 1.54) is 0 Å². The van der Waals surface area contributed by atoms with Crippen molar-refractivity contribution in [2.45, 2.75) is 33.4 Å². The number of hydrogen-bond acceptors (Lipinski definition) is 4. The van der Waals surface area contributed by atoms with Gasteiger partial charge in [-0.15, -0.1) is 0 Å². The lowest BCUT2D eigenvalue weighted by atomic mass is 10.1. The quantitative estimate of drug-likeness (QED) is 0.799. The van der Waals surface area contributed by atoms with Crippen molar-refractivity contribution in [2.75, 3.05) is 18.7 Å². The van der Waals surface area contributed by atoms with Crippen LogP contribution in [0.15, 0.2) is 42.5 Å². The van der Waals surface area contributed by atoms with Gasteiger partial charge in [0.2, 0.25) is 6.79 Å². The van der Waals surface area contributed by atoms with Gasteiger partial charge in [-0.2, -0.15) is 0 Å². The Morgan fingerprint density at radius 1 is 1.11 bits per heavy atom. The van der Waals surface area contributed by atoms with E-state index in [0.29, 0.717) is 30.1 Å². The molecule has 3 rings (SSSR count). The molecule has 0 spiro atoms. The lowest BCUT2D eigenvalue weighted by Gasteiger charge is -2.21. The molecule has 0 saturated carbocycles. The highest BCUT2D eigenvalue weighted by molar-refractivity contribution is 5.97. The fourth-order valence-electron chi connectivity index (χ4n) is 2.93. The van der Waals surface area contributed by atoms with E-state index in [1.54, 1.807) is 29.2 Å². The summed E-state index contributed by atoms with van der Waals surface area (Å²) >= 11 is 0. The van der Waals surface area contributed by atoms with Crippen molar-refractivity contribution in [3.8, 4) is 11.5 Å². The smallest absolute Gasteiger partial charge is 0.319 e. The van der Waals surface area contributed by atoms with E-state index in [-0.39, 0.29) is 24.8 Å². The van der Waals surface area contributed by atoms with Gasteiger partial charge in [-0.05, 0) is 56.7 Å². The highest BCUT2D eigenvalue weighted by Crippen LogP contribution is 2.32. The first-order valence-corrected chi connectivity index (χ1v) is 9.31. The molecule has 0 unspecified atom stereocenters. The van der Waals surface area contributed by atoms with Gasteiger partial charge in [-0.3, -0.25) is 4.79 Å². The molecule has 3 amide bonds. The summed E-state index contributed by atoms with van der Waals surface area (Å²) in [5, 5.41) is 5.51. The van der Waals surface area contributed by atoms with Crippen molar-refractivity contribution >= 4 is 17.6 Å². The van der Waals surface area contributed by atoms with Gasteiger partial charge >= 0.3 is 6.03 Å². The average Bonchev–Trinajstić information content (AvgIpc) is 3.13. The summed E-state index contributed by atoms with van der Waals surface area (Å²) in [5.41, 5.74) is 2.05. The maximum atomic E-state index is 13.0. The molecule has 7 heteroatoms. The molecular weight excluding hydrogens is 358 g/mol. The van der Waals surface area contributed by atoms with Crippen LogP contribution in [0.4, 0.5) is 10.5 Å². The molecule has 0 saturated heterocycles. The summed E-state index contributed by atoms with van der Waals surface area (Å²) in [6, 6.07) is 12.4. The highest BCUT2D eigenvalue weighted by Gasteiger charge is 2.18. The molecule has 2 aromatic carbocycles. The van der Waals surface area contributed by atoms with Gasteiger partial charge in [0.15, 0.2) is 11.5 Å². The summed E-state index contributed by atoms with van der Waals surface area (Å²) in [7, 11) is 0. The van der Waals surface area contributed by atoms with Crippen LogP contribution >= 0.6 is 0 Å². The fourth-order valence-corrected chi connectivity index (χ4v) is 2.93. The minimum absolute atomic E-state index is 0.0297. The van der Waals surface area contributed by atoms with E-state index >= 15 is 0 Å². The molecule has 28 heavy (non-hydrogen) atoms. The van der Waals surface area contributed by atoms with Crippen LogP contribution in [-0.4, -0.2) is 36.2 Å². The van der Waals surface area contributed by atoms with E-state index in [9.17, 15) is 9.59 Å². The molecule has 2 aromatic rings. The number of carbonyl (C=O) groups is 2. The number of anilines is 1. The number of nitrogens with zero attached hydrogens (tertiary/aromatic N) is 1. The maximum Gasteiger partial charge on any atom is 0.319 e. The summed E-state index contributed by atoms with van der Waals surface area (Å²) in [6.45, 7) is 6.93. The number of urea groups is 1. The summed E-state index contributed by atoms with van der Waals surface area (Å²) in [6.07, 6.45) is 0. The molecule has 0 aliphatic carbocycles. The van der Waals surface area contributed by atoms with Crippen LogP contribution in [0.2, 0.25) is 0 Å². The van der Waals surface area contributed by atoms with E-state index < -0.39 is 0 Å². The van der Waals surface area contributed by atoms with E-state index in [2.05, 4.69) is 10.6 Å². The number of ether oxygens (including phenoxy) is 2. The zero-order valence-corrected chi connectivity index (χ0v) is 16.3. The second-order valence-electron chi connectivity index (χ2n) is 6.84. The Morgan fingerprint density at radius 2 is 1.89 bits per heavy atom. The van der Waals surface area contributed by atoms with Crippen LogP contribution in [0.1, 0.15) is 36.7 Å². The summed E-state index contributed by atoms with van der Waals surface area (Å²) in [4.78, 5) is 26.6. The van der Waals surface area contributed by atoms with Crippen LogP contribution in [0.5, 0.6) is 11.5 Å². The number of carbonyl (C=O) groups excluding carboxylic acids is 2. The largest absolute Gasteiger partial charge is 0.454 e. The SMILES string of the molecule is CCN(Cc1ccc2c(c1)OCO2)C(=O)c1cccc(NC(=O)NC(C)C)c1. The second-order valence-corrected chi connectivity index (χ2v) is 6.84. The lowest BCUT2D eigenvalue weighted by Crippen LogP contribution is -2.34. The average molecular weight is 383 g/mol.